The van der Waals surface area contributed by atoms with E-state index < -0.39 is 0 Å². The summed E-state index contributed by atoms with van der Waals surface area (Å²) in [5.41, 5.74) is 2.95. The van der Waals surface area contributed by atoms with Gasteiger partial charge in [-0.05, 0) is 29.5 Å². The molecule has 1 saturated carbocycles. The second kappa shape index (κ2) is 6.73. The van der Waals surface area contributed by atoms with Gasteiger partial charge in [0.25, 0.3) is 0 Å². The Morgan fingerprint density at radius 1 is 1.29 bits per heavy atom. The number of pyridine rings is 1. The van der Waals surface area contributed by atoms with Gasteiger partial charge in [0, 0.05) is 17.0 Å². The highest BCUT2D eigenvalue weighted by molar-refractivity contribution is 5.71. The van der Waals surface area contributed by atoms with E-state index in [1.54, 1.807) is 6.07 Å². The first-order valence-electron chi connectivity index (χ1n) is 8.21. The Bertz CT molecular complexity index is 751. The largest absolute Gasteiger partial charge is 0.481 e. The van der Waals surface area contributed by atoms with E-state index in [4.69, 9.17) is 4.74 Å². The average molecular weight is 327 g/mol. The molecule has 1 aliphatic carbocycles. The van der Waals surface area contributed by atoms with Crippen LogP contribution in [0.3, 0.4) is 0 Å². The first kappa shape index (κ1) is 16.7. The van der Waals surface area contributed by atoms with Crippen LogP contribution >= 0.6 is 0 Å². The van der Waals surface area contributed by atoms with Crippen molar-refractivity contribution in [2.24, 2.45) is 0 Å². The smallest absolute Gasteiger partial charge is 0.213 e. The Balaban J connectivity index is 2.23. The normalized spacial score (nSPS) is 16.1. The van der Waals surface area contributed by atoms with Crippen LogP contribution in [-0.4, -0.2) is 17.2 Å². The number of ether oxygens (including phenoxy) is 1. The van der Waals surface area contributed by atoms with Gasteiger partial charge in [0.2, 0.25) is 5.88 Å². The molecule has 0 unspecified atom stereocenters. The second-order valence-electron chi connectivity index (χ2n) is 6.31. The Labute approximate surface area is 141 Å². The molecule has 1 fully saturated rings. The van der Waals surface area contributed by atoms with Gasteiger partial charge in [-0.1, -0.05) is 37.1 Å². The maximum absolute atomic E-state index is 14.5. The van der Waals surface area contributed by atoms with E-state index in [9.17, 15) is 9.50 Å². The number of hydrogen-bond acceptors (Lipinski definition) is 3. The van der Waals surface area contributed by atoms with Gasteiger partial charge in [-0.15, -0.1) is 6.58 Å². The highest BCUT2D eigenvalue weighted by Crippen LogP contribution is 2.46. The zero-order valence-electron chi connectivity index (χ0n) is 13.9. The lowest BCUT2D eigenvalue weighted by Gasteiger charge is -2.29. The van der Waals surface area contributed by atoms with Crippen molar-refractivity contribution in [3.05, 3.63) is 60.1 Å². The lowest BCUT2D eigenvalue weighted by atomic mass is 9.75. The van der Waals surface area contributed by atoms with Crippen LogP contribution in [0.2, 0.25) is 0 Å². The second-order valence-corrected chi connectivity index (χ2v) is 6.31. The summed E-state index contributed by atoms with van der Waals surface area (Å²) in [4.78, 5) is 3.92. The molecule has 0 bridgehead atoms. The first-order valence-corrected chi connectivity index (χ1v) is 8.21. The van der Waals surface area contributed by atoms with Crippen molar-refractivity contribution >= 4 is 0 Å². The zero-order chi connectivity index (χ0) is 17.2. The number of nitrogens with zero attached hydrogens (tertiary/aromatic N) is 1. The SMILES string of the molecule is C=CC1(c2cc(CO)ccc2-c2cc(OC)ncc2F)CCCC1. The molecule has 0 aliphatic heterocycles. The highest BCUT2D eigenvalue weighted by Gasteiger charge is 2.35. The van der Waals surface area contributed by atoms with Crippen LogP contribution in [0.1, 0.15) is 36.8 Å². The van der Waals surface area contributed by atoms with Crippen LogP contribution in [0.15, 0.2) is 43.1 Å². The number of aromatic nitrogens is 1. The van der Waals surface area contributed by atoms with Gasteiger partial charge >= 0.3 is 0 Å². The molecule has 1 aromatic heterocycles. The van der Waals surface area contributed by atoms with Crippen molar-refractivity contribution in [1.29, 1.82) is 0 Å². The third-order valence-corrected chi connectivity index (χ3v) is 5.02. The number of methoxy groups -OCH3 is 1. The van der Waals surface area contributed by atoms with E-state index in [0.29, 0.717) is 11.4 Å². The molecule has 3 rings (SSSR count). The summed E-state index contributed by atoms with van der Waals surface area (Å²) in [7, 11) is 1.52. The van der Waals surface area contributed by atoms with Crippen LogP contribution < -0.4 is 4.74 Å². The van der Waals surface area contributed by atoms with Crippen LogP contribution in [0.5, 0.6) is 5.88 Å². The minimum Gasteiger partial charge on any atom is -0.481 e. The standard InChI is InChI=1S/C20H22FNO2/c1-3-20(8-4-5-9-20)17-10-14(13-23)6-7-15(17)16-11-19(24-2)22-12-18(16)21/h3,6-7,10-12,23H,1,4-5,8-9,13H2,2H3. The maximum atomic E-state index is 14.5. The molecule has 1 N–H and O–H groups in total. The lowest BCUT2D eigenvalue weighted by Crippen LogP contribution is -2.20. The van der Waals surface area contributed by atoms with Crippen molar-refractivity contribution in [1.82, 2.24) is 4.98 Å². The molecular formula is C20H22FNO2. The van der Waals surface area contributed by atoms with Gasteiger partial charge < -0.3 is 9.84 Å². The summed E-state index contributed by atoms with van der Waals surface area (Å²) in [6.45, 7) is 4.01. The number of rotatable bonds is 5. The number of aliphatic hydroxyl groups is 1. The molecule has 126 valence electrons. The van der Waals surface area contributed by atoms with E-state index in [1.807, 2.05) is 24.3 Å². The molecule has 0 radical (unpaired) electrons. The van der Waals surface area contributed by atoms with Crippen LogP contribution in [0, 0.1) is 5.82 Å². The van der Waals surface area contributed by atoms with E-state index >= 15 is 0 Å². The number of hydrogen-bond donors (Lipinski definition) is 1. The van der Waals surface area contributed by atoms with Crippen LogP contribution in [-0.2, 0) is 12.0 Å². The first-order chi connectivity index (χ1) is 11.6. The molecule has 1 aliphatic rings. The predicted octanol–water partition coefficient (Wildman–Crippen LogP) is 4.39. The van der Waals surface area contributed by atoms with Gasteiger partial charge in [-0.25, -0.2) is 9.37 Å². The van der Waals surface area contributed by atoms with Gasteiger partial charge in [-0.3, -0.25) is 0 Å². The molecule has 0 saturated heterocycles. The molecule has 2 aromatic rings. The molecule has 24 heavy (non-hydrogen) atoms. The maximum Gasteiger partial charge on any atom is 0.213 e. The summed E-state index contributed by atoms with van der Waals surface area (Å²) in [5.74, 6) is -0.00586. The summed E-state index contributed by atoms with van der Waals surface area (Å²) >= 11 is 0. The lowest BCUT2D eigenvalue weighted by molar-refractivity contribution is 0.281. The molecule has 0 spiro atoms. The summed E-state index contributed by atoms with van der Waals surface area (Å²) in [5, 5.41) is 9.53. The zero-order valence-corrected chi connectivity index (χ0v) is 13.9. The monoisotopic (exact) mass is 327 g/mol. The predicted molar refractivity (Wildman–Crippen MR) is 92.4 cm³/mol. The van der Waals surface area contributed by atoms with Crippen molar-refractivity contribution in [3.63, 3.8) is 0 Å². The van der Waals surface area contributed by atoms with Gasteiger partial charge in [0.1, 0.15) is 5.82 Å². The van der Waals surface area contributed by atoms with Gasteiger partial charge in [0.05, 0.1) is 19.9 Å². The minimum absolute atomic E-state index is 0.0390. The minimum atomic E-state index is -0.383. The average Bonchev–Trinajstić information content (AvgIpc) is 3.12. The van der Waals surface area contributed by atoms with E-state index in [1.165, 1.54) is 13.3 Å². The number of aliphatic hydroxyl groups excluding tert-OH is 1. The highest BCUT2D eigenvalue weighted by atomic mass is 19.1. The Kier molecular flexibility index (Phi) is 4.67. The number of benzene rings is 1. The topological polar surface area (TPSA) is 42.4 Å². The molecule has 1 aromatic carbocycles. The molecule has 0 amide bonds. The molecule has 3 nitrogen and oxygen atoms in total. The quantitative estimate of drug-likeness (QED) is 0.828. The molecular weight excluding hydrogens is 305 g/mol. The number of allylic oxidation sites excluding steroid dienone is 1. The fourth-order valence-corrected chi connectivity index (χ4v) is 3.66. The Morgan fingerprint density at radius 2 is 2.04 bits per heavy atom. The Hall–Kier alpha value is -2.20. The van der Waals surface area contributed by atoms with Crippen molar-refractivity contribution in [2.75, 3.05) is 7.11 Å². The third kappa shape index (κ3) is 2.82. The van der Waals surface area contributed by atoms with Crippen molar-refractivity contribution in [3.8, 4) is 17.0 Å². The Morgan fingerprint density at radius 3 is 2.67 bits per heavy atom. The van der Waals surface area contributed by atoms with E-state index in [2.05, 4.69) is 11.6 Å². The van der Waals surface area contributed by atoms with E-state index in [-0.39, 0.29) is 17.8 Å². The molecule has 1 heterocycles. The van der Waals surface area contributed by atoms with Crippen molar-refractivity contribution < 1.29 is 14.2 Å². The van der Waals surface area contributed by atoms with Gasteiger partial charge in [-0.2, -0.15) is 0 Å². The summed E-state index contributed by atoms with van der Waals surface area (Å²) in [6, 6.07) is 7.31. The summed E-state index contributed by atoms with van der Waals surface area (Å²) < 4.78 is 19.6. The fraction of sp³-hybridized carbons (Fsp3) is 0.350. The van der Waals surface area contributed by atoms with Gasteiger partial charge in [0.15, 0.2) is 0 Å². The van der Waals surface area contributed by atoms with E-state index in [0.717, 1.165) is 42.4 Å². The summed E-state index contributed by atoms with van der Waals surface area (Å²) in [6.07, 6.45) is 7.39. The third-order valence-electron chi connectivity index (χ3n) is 5.02. The number of halogens is 1. The fourth-order valence-electron chi connectivity index (χ4n) is 3.66. The van der Waals surface area contributed by atoms with Crippen LogP contribution in [0.25, 0.3) is 11.1 Å². The molecule has 4 heteroatoms. The van der Waals surface area contributed by atoms with Crippen molar-refractivity contribution in [2.45, 2.75) is 37.7 Å². The molecule has 0 atom stereocenters. The van der Waals surface area contributed by atoms with Crippen LogP contribution in [0.4, 0.5) is 4.39 Å².